The first-order valence-electron chi connectivity index (χ1n) is 8.89. The van der Waals surface area contributed by atoms with Crippen LogP contribution in [0.4, 0.5) is 26.0 Å². The second kappa shape index (κ2) is 7.38. The summed E-state index contributed by atoms with van der Waals surface area (Å²) >= 11 is 1.37. The Bertz CT molecular complexity index is 1110. The molecule has 2 heterocycles. The van der Waals surface area contributed by atoms with Crippen molar-refractivity contribution >= 4 is 40.0 Å². The van der Waals surface area contributed by atoms with Crippen molar-refractivity contribution in [3.05, 3.63) is 52.2 Å². The highest BCUT2D eigenvalue weighted by Gasteiger charge is 2.22. The number of aromatic nitrogens is 3. The molecule has 0 amide bonds. The van der Waals surface area contributed by atoms with E-state index in [4.69, 9.17) is 0 Å². The molecule has 0 radical (unpaired) electrons. The molecule has 2 aromatic heterocycles. The summed E-state index contributed by atoms with van der Waals surface area (Å²) in [4.78, 5) is 20.5. The second-order valence-electron chi connectivity index (χ2n) is 6.92. The number of nitrogens with one attached hydrogen (secondary N) is 2. The predicted molar refractivity (Wildman–Crippen MR) is 108 cm³/mol. The molecule has 6 nitrogen and oxygen atoms in total. The Morgan fingerprint density at radius 2 is 2.07 bits per heavy atom. The van der Waals surface area contributed by atoms with Gasteiger partial charge in [0.1, 0.15) is 5.69 Å². The summed E-state index contributed by atoms with van der Waals surface area (Å²) in [5, 5.41) is 3.19. The third kappa shape index (κ3) is 3.54. The topological polar surface area (TPSA) is 71.8 Å². The monoisotopic (exact) mass is 403 g/mol. The highest BCUT2D eigenvalue weighted by Crippen LogP contribution is 2.34. The number of fused-ring (bicyclic) bond motifs is 1. The van der Waals surface area contributed by atoms with Gasteiger partial charge in [0.05, 0.1) is 23.4 Å². The Morgan fingerprint density at radius 1 is 1.29 bits per heavy atom. The van der Waals surface area contributed by atoms with Crippen molar-refractivity contribution in [1.82, 2.24) is 14.5 Å². The SMILES string of the molecule is Cc1c(Nc2c(F)cnc(NSCC3CC3)c2F)ccc2ncn(C)c(=O)c12. The third-order valence-electron chi connectivity index (χ3n) is 4.76. The van der Waals surface area contributed by atoms with E-state index in [1.165, 1.54) is 35.7 Å². The number of benzene rings is 1. The molecule has 1 aromatic carbocycles. The van der Waals surface area contributed by atoms with Gasteiger partial charge in [-0.1, -0.05) is 11.9 Å². The maximum absolute atomic E-state index is 14.8. The van der Waals surface area contributed by atoms with Crippen LogP contribution in [0, 0.1) is 24.5 Å². The van der Waals surface area contributed by atoms with E-state index in [2.05, 4.69) is 20.0 Å². The lowest BCUT2D eigenvalue weighted by molar-refractivity contribution is 0.584. The van der Waals surface area contributed by atoms with Gasteiger partial charge in [0.25, 0.3) is 5.56 Å². The van der Waals surface area contributed by atoms with E-state index in [-0.39, 0.29) is 17.1 Å². The second-order valence-corrected chi connectivity index (χ2v) is 7.74. The molecule has 28 heavy (non-hydrogen) atoms. The average molecular weight is 403 g/mol. The van der Waals surface area contributed by atoms with Crippen molar-refractivity contribution in [2.24, 2.45) is 13.0 Å². The van der Waals surface area contributed by atoms with Gasteiger partial charge in [0.2, 0.25) is 0 Å². The highest BCUT2D eigenvalue weighted by molar-refractivity contribution is 8.00. The maximum Gasteiger partial charge on any atom is 0.261 e. The summed E-state index contributed by atoms with van der Waals surface area (Å²) in [6.07, 6.45) is 4.80. The molecule has 146 valence electrons. The first kappa shape index (κ1) is 18.7. The van der Waals surface area contributed by atoms with Crippen LogP contribution in [0.1, 0.15) is 18.4 Å². The van der Waals surface area contributed by atoms with Crippen molar-refractivity contribution in [2.45, 2.75) is 19.8 Å². The number of hydrogen-bond donors (Lipinski definition) is 2. The van der Waals surface area contributed by atoms with Gasteiger partial charge in [-0.3, -0.25) is 4.79 Å². The molecule has 0 aliphatic heterocycles. The van der Waals surface area contributed by atoms with Crippen LogP contribution < -0.4 is 15.6 Å². The molecule has 2 N–H and O–H groups in total. The van der Waals surface area contributed by atoms with E-state index in [9.17, 15) is 13.6 Å². The molecule has 1 aliphatic carbocycles. The zero-order valence-corrected chi connectivity index (χ0v) is 16.2. The van der Waals surface area contributed by atoms with E-state index in [0.29, 0.717) is 28.1 Å². The fourth-order valence-corrected chi connectivity index (χ4v) is 3.82. The Hall–Kier alpha value is -2.68. The summed E-state index contributed by atoms with van der Waals surface area (Å²) in [5.74, 6) is -0.113. The van der Waals surface area contributed by atoms with Crippen LogP contribution in [-0.4, -0.2) is 20.3 Å². The zero-order valence-electron chi connectivity index (χ0n) is 15.4. The van der Waals surface area contributed by atoms with Gasteiger partial charge in [-0.15, -0.1) is 0 Å². The van der Waals surface area contributed by atoms with E-state index in [0.717, 1.165) is 11.9 Å². The molecule has 0 unspecified atom stereocenters. The molecule has 0 spiro atoms. The van der Waals surface area contributed by atoms with Gasteiger partial charge in [0, 0.05) is 18.5 Å². The van der Waals surface area contributed by atoms with Crippen LogP contribution >= 0.6 is 11.9 Å². The highest BCUT2D eigenvalue weighted by atomic mass is 32.2. The number of rotatable bonds is 6. The Morgan fingerprint density at radius 3 is 2.82 bits per heavy atom. The third-order valence-corrected chi connectivity index (χ3v) is 5.74. The maximum atomic E-state index is 14.8. The fourth-order valence-electron chi connectivity index (χ4n) is 2.89. The van der Waals surface area contributed by atoms with Gasteiger partial charge < -0.3 is 14.6 Å². The first-order chi connectivity index (χ1) is 13.5. The van der Waals surface area contributed by atoms with Crippen LogP contribution in [0.2, 0.25) is 0 Å². The van der Waals surface area contributed by atoms with Gasteiger partial charge in [-0.25, -0.2) is 18.7 Å². The summed E-state index contributed by atoms with van der Waals surface area (Å²) in [6.45, 7) is 1.72. The number of aryl methyl sites for hydroxylation is 2. The van der Waals surface area contributed by atoms with Crippen LogP contribution in [0.25, 0.3) is 10.9 Å². The van der Waals surface area contributed by atoms with Gasteiger partial charge in [-0.2, -0.15) is 0 Å². The lowest BCUT2D eigenvalue weighted by atomic mass is 10.1. The van der Waals surface area contributed by atoms with E-state index < -0.39 is 11.6 Å². The van der Waals surface area contributed by atoms with Crippen molar-refractivity contribution in [3.63, 3.8) is 0 Å². The molecular formula is C19H19F2N5OS. The Labute approximate surface area is 164 Å². The van der Waals surface area contributed by atoms with Crippen LogP contribution in [0.3, 0.4) is 0 Å². The fraction of sp³-hybridized carbons (Fsp3) is 0.316. The minimum absolute atomic E-state index is 0.0226. The summed E-state index contributed by atoms with van der Waals surface area (Å²) < 4.78 is 33.3. The van der Waals surface area contributed by atoms with Crippen LogP contribution in [0.5, 0.6) is 0 Å². The van der Waals surface area contributed by atoms with Gasteiger partial charge in [-0.05, 0) is 43.4 Å². The molecule has 3 aromatic rings. The van der Waals surface area contributed by atoms with Crippen molar-refractivity contribution < 1.29 is 8.78 Å². The summed E-state index contributed by atoms with van der Waals surface area (Å²) in [7, 11) is 1.60. The van der Waals surface area contributed by atoms with Crippen LogP contribution in [-0.2, 0) is 7.05 Å². The molecule has 9 heteroatoms. The molecule has 4 rings (SSSR count). The predicted octanol–water partition coefficient (Wildman–Crippen LogP) is 4.13. The van der Waals surface area contributed by atoms with E-state index >= 15 is 0 Å². The smallest absolute Gasteiger partial charge is 0.261 e. The molecule has 1 fully saturated rings. The van der Waals surface area contributed by atoms with E-state index in [1.807, 2.05) is 0 Å². The number of hydrogen-bond acceptors (Lipinski definition) is 6. The normalized spacial score (nSPS) is 13.7. The minimum atomic E-state index is -0.811. The number of pyridine rings is 1. The Balaban J connectivity index is 1.67. The first-order valence-corrected chi connectivity index (χ1v) is 9.88. The summed E-state index contributed by atoms with van der Waals surface area (Å²) in [6, 6.07) is 3.30. The van der Waals surface area contributed by atoms with Gasteiger partial charge >= 0.3 is 0 Å². The van der Waals surface area contributed by atoms with Gasteiger partial charge in [0.15, 0.2) is 17.5 Å². The molecule has 1 aliphatic rings. The minimum Gasteiger partial charge on any atom is -0.350 e. The van der Waals surface area contributed by atoms with E-state index in [1.54, 1.807) is 26.1 Å². The molecule has 0 bridgehead atoms. The van der Waals surface area contributed by atoms with Crippen LogP contribution in [0.15, 0.2) is 29.5 Å². The Kier molecular flexibility index (Phi) is 4.92. The molecule has 0 atom stereocenters. The summed E-state index contributed by atoms with van der Waals surface area (Å²) in [5.41, 5.74) is 0.992. The zero-order chi connectivity index (χ0) is 19.8. The largest absolute Gasteiger partial charge is 0.350 e. The number of nitrogens with zero attached hydrogens (tertiary/aromatic N) is 3. The lowest BCUT2D eigenvalue weighted by Gasteiger charge is -2.15. The number of anilines is 3. The van der Waals surface area contributed by atoms with Crippen molar-refractivity contribution in [2.75, 3.05) is 15.8 Å². The number of halogens is 2. The lowest BCUT2D eigenvalue weighted by Crippen LogP contribution is -2.18. The standard InChI is InChI=1S/C19H19F2N5OS/c1-10-13(5-6-14-15(10)19(27)26(2)9-23-14)24-17-12(20)7-22-18(16(17)21)25-28-8-11-3-4-11/h5-7,9,11H,3-4,8H2,1-2H3,(H2,22,24,25). The molecular weight excluding hydrogens is 384 g/mol. The molecule has 1 saturated carbocycles. The molecule has 0 saturated heterocycles. The van der Waals surface area contributed by atoms with Crippen molar-refractivity contribution in [1.29, 1.82) is 0 Å². The van der Waals surface area contributed by atoms with Crippen molar-refractivity contribution in [3.8, 4) is 0 Å². The average Bonchev–Trinajstić information content (AvgIpc) is 3.49. The quantitative estimate of drug-likeness (QED) is 0.603.